The molecule has 0 spiro atoms. The number of aliphatic hydroxyl groups excluding tert-OH is 1. The molecule has 3 rings (SSSR count). The Hall–Kier alpha value is -1.89. The molecule has 26 heavy (non-hydrogen) atoms. The lowest BCUT2D eigenvalue weighted by atomic mass is 9.84. The third-order valence-electron chi connectivity index (χ3n) is 5.05. The Kier molecular flexibility index (Phi) is 5.37. The molecule has 0 saturated carbocycles. The summed E-state index contributed by atoms with van der Waals surface area (Å²) in [5.74, 6) is 0. The van der Waals surface area contributed by atoms with E-state index in [9.17, 15) is 23.4 Å². The zero-order chi connectivity index (χ0) is 18.8. The summed E-state index contributed by atoms with van der Waals surface area (Å²) in [4.78, 5) is 2.03. The number of likely N-dealkylation sites (tertiary alicyclic amines) is 1. The second kappa shape index (κ2) is 7.39. The van der Waals surface area contributed by atoms with Crippen LogP contribution in [0.5, 0.6) is 0 Å². The Labute approximate surface area is 150 Å². The lowest BCUT2D eigenvalue weighted by Gasteiger charge is -2.39. The fourth-order valence-electron chi connectivity index (χ4n) is 3.39. The topological polar surface area (TPSA) is 43.7 Å². The van der Waals surface area contributed by atoms with Gasteiger partial charge in [-0.05, 0) is 36.1 Å². The molecule has 1 aliphatic rings. The van der Waals surface area contributed by atoms with Gasteiger partial charge in [0.25, 0.3) is 0 Å². The highest BCUT2D eigenvalue weighted by Gasteiger charge is 2.34. The van der Waals surface area contributed by atoms with Gasteiger partial charge in [-0.1, -0.05) is 42.5 Å². The van der Waals surface area contributed by atoms with Crippen molar-refractivity contribution in [2.24, 2.45) is 0 Å². The largest absolute Gasteiger partial charge is 0.416 e. The molecule has 1 heterocycles. The minimum absolute atomic E-state index is 0.330. The van der Waals surface area contributed by atoms with Gasteiger partial charge in [0.15, 0.2) is 0 Å². The Morgan fingerprint density at radius 1 is 0.962 bits per heavy atom. The zero-order valence-electron chi connectivity index (χ0n) is 14.3. The van der Waals surface area contributed by atoms with E-state index < -0.39 is 23.4 Å². The van der Waals surface area contributed by atoms with Crippen molar-refractivity contribution in [3.05, 3.63) is 71.3 Å². The molecular weight excluding hydrogens is 343 g/mol. The minimum atomic E-state index is -4.38. The van der Waals surface area contributed by atoms with E-state index in [0.717, 1.165) is 17.7 Å². The molecule has 2 aromatic rings. The number of hydrogen-bond acceptors (Lipinski definition) is 3. The van der Waals surface area contributed by atoms with Crippen LogP contribution in [-0.4, -0.2) is 34.7 Å². The summed E-state index contributed by atoms with van der Waals surface area (Å²) >= 11 is 0. The van der Waals surface area contributed by atoms with Gasteiger partial charge >= 0.3 is 6.18 Å². The maximum Gasteiger partial charge on any atom is 0.416 e. The average Bonchev–Trinajstić information content (AvgIpc) is 2.64. The van der Waals surface area contributed by atoms with E-state index in [4.69, 9.17) is 0 Å². The van der Waals surface area contributed by atoms with Gasteiger partial charge in [0, 0.05) is 19.6 Å². The predicted octanol–water partition coefficient (Wildman–Crippen LogP) is 3.72. The first-order chi connectivity index (χ1) is 12.3. The highest BCUT2D eigenvalue weighted by atomic mass is 19.4. The van der Waals surface area contributed by atoms with Crippen LogP contribution in [-0.2, 0) is 11.8 Å². The zero-order valence-corrected chi connectivity index (χ0v) is 14.3. The molecule has 6 heteroatoms. The minimum Gasteiger partial charge on any atom is -0.387 e. The molecule has 1 fully saturated rings. The highest BCUT2D eigenvalue weighted by molar-refractivity contribution is 5.26. The van der Waals surface area contributed by atoms with Crippen molar-refractivity contribution in [1.29, 1.82) is 0 Å². The molecule has 0 radical (unpaired) electrons. The van der Waals surface area contributed by atoms with Crippen molar-refractivity contribution in [3.8, 4) is 0 Å². The molecule has 1 unspecified atom stereocenters. The summed E-state index contributed by atoms with van der Waals surface area (Å²) in [7, 11) is 0. The van der Waals surface area contributed by atoms with Gasteiger partial charge in [0.05, 0.1) is 17.3 Å². The second-order valence-corrected chi connectivity index (χ2v) is 6.83. The number of hydrogen-bond donors (Lipinski definition) is 2. The SMILES string of the molecule is OC(CN1CCC(O)(c2ccccc2)CC1)c1ccc(C(F)(F)F)cc1. The van der Waals surface area contributed by atoms with Gasteiger partial charge in [-0.3, -0.25) is 0 Å². The number of nitrogens with zero attached hydrogens (tertiary/aromatic N) is 1. The number of benzene rings is 2. The Morgan fingerprint density at radius 2 is 1.54 bits per heavy atom. The Balaban J connectivity index is 1.57. The third kappa shape index (κ3) is 4.26. The highest BCUT2D eigenvalue weighted by Crippen LogP contribution is 2.34. The van der Waals surface area contributed by atoms with E-state index in [1.54, 1.807) is 0 Å². The fourth-order valence-corrected chi connectivity index (χ4v) is 3.39. The van der Waals surface area contributed by atoms with Crippen LogP contribution < -0.4 is 0 Å². The number of halogens is 3. The number of piperidine rings is 1. The van der Waals surface area contributed by atoms with Crippen LogP contribution in [0.1, 0.15) is 35.6 Å². The Bertz CT molecular complexity index is 708. The van der Waals surface area contributed by atoms with E-state index in [0.29, 0.717) is 38.0 Å². The van der Waals surface area contributed by atoms with Gasteiger partial charge < -0.3 is 15.1 Å². The average molecular weight is 365 g/mol. The molecule has 1 aliphatic heterocycles. The van der Waals surface area contributed by atoms with Crippen LogP contribution in [0.25, 0.3) is 0 Å². The first-order valence-electron chi connectivity index (χ1n) is 8.63. The first kappa shape index (κ1) is 18.9. The van der Waals surface area contributed by atoms with Crippen molar-refractivity contribution in [3.63, 3.8) is 0 Å². The Morgan fingerprint density at radius 3 is 2.08 bits per heavy atom. The number of β-amino-alcohol motifs (C(OH)–C–C–N with tert-alkyl or cyclic N) is 1. The summed E-state index contributed by atoms with van der Waals surface area (Å²) in [5.41, 5.74) is -0.235. The van der Waals surface area contributed by atoms with Crippen molar-refractivity contribution < 1.29 is 23.4 Å². The summed E-state index contributed by atoms with van der Waals surface area (Å²) in [6, 6.07) is 14.1. The van der Waals surface area contributed by atoms with Crippen LogP contribution >= 0.6 is 0 Å². The normalized spacial score (nSPS) is 19.3. The quantitative estimate of drug-likeness (QED) is 0.868. The summed E-state index contributed by atoms with van der Waals surface area (Å²) in [6.45, 7) is 1.56. The maximum absolute atomic E-state index is 12.6. The van der Waals surface area contributed by atoms with E-state index in [1.807, 2.05) is 35.2 Å². The lowest BCUT2D eigenvalue weighted by Crippen LogP contribution is -2.43. The lowest BCUT2D eigenvalue weighted by molar-refractivity contribution is -0.137. The van der Waals surface area contributed by atoms with E-state index in [2.05, 4.69) is 0 Å². The predicted molar refractivity (Wildman–Crippen MR) is 92.4 cm³/mol. The van der Waals surface area contributed by atoms with Crippen LogP contribution in [0.4, 0.5) is 13.2 Å². The molecule has 140 valence electrons. The van der Waals surface area contributed by atoms with Gasteiger partial charge in [-0.2, -0.15) is 13.2 Å². The smallest absolute Gasteiger partial charge is 0.387 e. The summed E-state index contributed by atoms with van der Waals surface area (Å²) in [5, 5.41) is 21.2. The molecule has 2 aromatic carbocycles. The second-order valence-electron chi connectivity index (χ2n) is 6.83. The molecule has 0 amide bonds. The number of aliphatic hydroxyl groups is 2. The van der Waals surface area contributed by atoms with Crippen molar-refractivity contribution in [2.45, 2.75) is 30.7 Å². The van der Waals surface area contributed by atoms with Crippen LogP contribution in [0.15, 0.2) is 54.6 Å². The maximum atomic E-state index is 12.6. The summed E-state index contributed by atoms with van der Waals surface area (Å²) in [6.07, 6.45) is -4.13. The van der Waals surface area contributed by atoms with Crippen LogP contribution in [0.2, 0.25) is 0 Å². The third-order valence-corrected chi connectivity index (χ3v) is 5.05. The van der Waals surface area contributed by atoms with E-state index >= 15 is 0 Å². The molecule has 3 nitrogen and oxygen atoms in total. The molecule has 0 bridgehead atoms. The van der Waals surface area contributed by atoms with Gasteiger partial charge in [0.2, 0.25) is 0 Å². The van der Waals surface area contributed by atoms with Gasteiger partial charge in [0.1, 0.15) is 0 Å². The number of alkyl halides is 3. The van der Waals surface area contributed by atoms with Crippen LogP contribution in [0, 0.1) is 0 Å². The van der Waals surface area contributed by atoms with Gasteiger partial charge in [-0.25, -0.2) is 0 Å². The molecule has 2 N–H and O–H groups in total. The molecular formula is C20H22F3NO2. The number of rotatable bonds is 4. The van der Waals surface area contributed by atoms with E-state index in [1.165, 1.54) is 12.1 Å². The van der Waals surface area contributed by atoms with Crippen molar-refractivity contribution in [2.75, 3.05) is 19.6 Å². The van der Waals surface area contributed by atoms with Crippen molar-refractivity contribution in [1.82, 2.24) is 4.90 Å². The van der Waals surface area contributed by atoms with E-state index in [-0.39, 0.29) is 0 Å². The monoisotopic (exact) mass is 365 g/mol. The van der Waals surface area contributed by atoms with Crippen LogP contribution in [0.3, 0.4) is 0 Å². The molecule has 0 aromatic heterocycles. The van der Waals surface area contributed by atoms with Crippen molar-refractivity contribution >= 4 is 0 Å². The molecule has 1 saturated heterocycles. The summed E-state index contributed by atoms with van der Waals surface area (Å²) < 4.78 is 37.8. The fraction of sp³-hybridized carbons (Fsp3) is 0.400. The van der Waals surface area contributed by atoms with Gasteiger partial charge in [-0.15, -0.1) is 0 Å². The molecule has 1 atom stereocenters. The molecule has 0 aliphatic carbocycles. The standard InChI is InChI=1S/C20H22F3NO2/c21-20(22,23)17-8-6-15(7-9-17)18(25)14-24-12-10-19(26,11-13-24)16-4-2-1-3-5-16/h1-9,18,25-26H,10-14H2. The first-order valence-corrected chi connectivity index (χ1v) is 8.63.